The van der Waals surface area contributed by atoms with E-state index in [9.17, 15) is 14.4 Å². The summed E-state index contributed by atoms with van der Waals surface area (Å²) in [6.07, 6.45) is 0. The zero-order valence-electron chi connectivity index (χ0n) is 10.4. The van der Waals surface area contributed by atoms with Gasteiger partial charge in [0.15, 0.2) is 5.78 Å². The predicted molar refractivity (Wildman–Crippen MR) is 70.3 cm³/mol. The quantitative estimate of drug-likeness (QED) is 0.784. The van der Waals surface area contributed by atoms with E-state index in [1.165, 1.54) is 18.2 Å². The molecule has 2 nitrogen and oxygen atoms in total. The van der Waals surface area contributed by atoms with Crippen LogP contribution in [0.5, 0.6) is 0 Å². The summed E-state index contributed by atoms with van der Waals surface area (Å²) in [5.74, 6) is -1.76. The molecule has 0 fully saturated rings. The third kappa shape index (κ3) is 2.86. The maximum atomic E-state index is 13.1. The Labute approximate surface area is 111 Å². The summed E-state index contributed by atoms with van der Waals surface area (Å²) in [4.78, 5) is 12.2. The maximum Gasteiger partial charge on any atom is 0.184 e. The van der Waals surface area contributed by atoms with Gasteiger partial charge in [0.25, 0.3) is 0 Å². The van der Waals surface area contributed by atoms with Crippen molar-refractivity contribution >= 4 is 5.78 Å². The van der Waals surface area contributed by atoms with Crippen LogP contribution in [-0.4, -0.2) is 5.78 Å². The fraction of sp³-hybridized carbons (Fsp3) is 0.125. The van der Waals surface area contributed by atoms with E-state index in [1.807, 2.05) is 25.1 Å². The van der Waals surface area contributed by atoms with Crippen molar-refractivity contribution in [2.45, 2.75) is 12.8 Å². The van der Waals surface area contributed by atoms with Crippen molar-refractivity contribution in [3.8, 4) is 6.07 Å². The Bertz CT molecular complexity index is 641. The molecule has 0 heterocycles. The molecule has 1 atom stereocenters. The number of ketones is 1. The van der Waals surface area contributed by atoms with E-state index in [2.05, 4.69) is 0 Å². The van der Waals surface area contributed by atoms with Gasteiger partial charge in [0.2, 0.25) is 0 Å². The van der Waals surface area contributed by atoms with Gasteiger partial charge in [0, 0.05) is 5.56 Å². The Morgan fingerprint density at radius 1 is 1.21 bits per heavy atom. The summed E-state index contributed by atoms with van der Waals surface area (Å²) in [7, 11) is 0. The lowest BCUT2D eigenvalue weighted by atomic mass is 9.91. The molecule has 0 saturated heterocycles. The van der Waals surface area contributed by atoms with Gasteiger partial charge in [0.05, 0.1) is 6.07 Å². The minimum Gasteiger partial charge on any atom is -0.292 e. The van der Waals surface area contributed by atoms with Crippen molar-refractivity contribution < 1.29 is 9.18 Å². The van der Waals surface area contributed by atoms with Crippen molar-refractivity contribution in [1.82, 2.24) is 0 Å². The van der Waals surface area contributed by atoms with Crippen LogP contribution in [0.2, 0.25) is 0 Å². The predicted octanol–water partition coefficient (Wildman–Crippen LogP) is 3.62. The van der Waals surface area contributed by atoms with Gasteiger partial charge in [-0.05, 0) is 24.6 Å². The summed E-state index contributed by atoms with van der Waals surface area (Å²) in [6, 6.07) is 14.6. The molecule has 19 heavy (non-hydrogen) atoms. The van der Waals surface area contributed by atoms with Crippen molar-refractivity contribution in [3.05, 3.63) is 71.0 Å². The van der Waals surface area contributed by atoms with Crippen molar-refractivity contribution in [2.24, 2.45) is 0 Å². The number of halogens is 1. The first-order valence-corrected chi connectivity index (χ1v) is 5.88. The van der Waals surface area contributed by atoms with Crippen LogP contribution in [0.3, 0.4) is 0 Å². The Morgan fingerprint density at radius 3 is 2.47 bits per heavy atom. The van der Waals surface area contributed by atoms with Crippen LogP contribution in [0.1, 0.15) is 27.4 Å². The lowest BCUT2D eigenvalue weighted by molar-refractivity contribution is 0.0978. The molecule has 0 aliphatic rings. The van der Waals surface area contributed by atoms with Crippen LogP contribution in [0.4, 0.5) is 4.39 Å². The molecule has 1 unspecified atom stereocenters. The van der Waals surface area contributed by atoms with Gasteiger partial charge < -0.3 is 0 Å². The average molecular weight is 253 g/mol. The van der Waals surface area contributed by atoms with E-state index in [-0.39, 0.29) is 11.3 Å². The molecule has 2 aromatic carbocycles. The Kier molecular flexibility index (Phi) is 3.72. The second-order valence-corrected chi connectivity index (χ2v) is 4.35. The molecule has 0 aromatic heterocycles. The number of aryl methyl sites for hydroxylation is 1. The number of hydrogen-bond acceptors (Lipinski definition) is 2. The molecule has 0 bridgehead atoms. The minimum absolute atomic E-state index is 0.215. The lowest BCUT2D eigenvalue weighted by Gasteiger charge is -2.09. The van der Waals surface area contributed by atoms with E-state index in [1.54, 1.807) is 12.1 Å². The maximum absolute atomic E-state index is 13.1. The monoisotopic (exact) mass is 253 g/mol. The van der Waals surface area contributed by atoms with E-state index >= 15 is 0 Å². The minimum atomic E-state index is -0.901. The summed E-state index contributed by atoms with van der Waals surface area (Å²) in [6.45, 7) is 1.93. The fourth-order valence-corrected chi connectivity index (χ4v) is 1.85. The third-order valence-corrected chi connectivity index (χ3v) is 2.91. The summed E-state index contributed by atoms with van der Waals surface area (Å²) >= 11 is 0. The van der Waals surface area contributed by atoms with Gasteiger partial charge in [-0.15, -0.1) is 0 Å². The molecule has 94 valence electrons. The second-order valence-electron chi connectivity index (χ2n) is 4.35. The summed E-state index contributed by atoms with van der Waals surface area (Å²) < 4.78 is 13.1. The number of benzene rings is 2. The molecule has 0 amide bonds. The van der Waals surface area contributed by atoms with Crippen LogP contribution in [-0.2, 0) is 0 Å². The molecule has 0 saturated carbocycles. The van der Waals surface area contributed by atoms with Crippen LogP contribution in [0, 0.1) is 24.1 Å². The van der Waals surface area contributed by atoms with Gasteiger partial charge >= 0.3 is 0 Å². The summed E-state index contributed by atoms with van der Waals surface area (Å²) in [5.41, 5.74) is 1.90. The van der Waals surface area contributed by atoms with Crippen LogP contribution >= 0.6 is 0 Å². The first-order valence-electron chi connectivity index (χ1n) is 5.88. The Hall–Kier alpha value is -2.47. The molecule has 0 N–H and O–H groups in total. The normalized spacial score (nSPS) is 11.6. The van der Waals surface area contributed by atoms with E-state index in [0.717, 1.165) is 11.6 Å². The molecule has 0 aliphatic carbocycles. The van der Waals surface area contributed by atoms with Crippen molar-refractivity contribution in [2.75, 3.05) is 0 Å². The van der Waals surface area contributed by atoms with Crippen LogP contribution in [0.25, 0.3) is 0 Å². The van der Waals surface area contributed by atoms with Gasteiger partial charge in [-0.25, -0.2) is 4.39 Å². The number of nitrogens with zero attached hydrogens (tertiary/aromatic N) is 1. The molecule has 2 aromatic rings. The van der Waals surface area contributed by atoms with Gasteiger partial charge in [-0.2, -0.15) is 5.26 Å². The highest BCUT2D eigenvalue weighted by Crippen LogP contribution is 2.21. The number of carbonyl (C=O) groups excluding carboxylic acids is 1. The summed E-state index contributed by atoms with van der Waals surface area (Å²) in [5, 5.41) is 9.19. The zero-order valence-corrected chi connectivity index (χ0v) is 10.4. The van der Waals surface area contributed by atoms with E-state index in [0.29, 0.717) is 5.56 Å². The molecular weight excluding hydrogens is 241 g/mol. The molecular formula is C16H12FNO. The molecule has 2 rings (SSSR count). The Morgan fingerprint density at radius 2 is 1.89 bits per heavy atom. The first kappa shape index (κ1) is 13.0. The highest BCUT2D eigenvalue weighted by molar-refractivity contribution is 6.02. The van der Waals surface area contributed by atoms with Crippen molar-refractivity contribution in [1.29, 1.82) is 5.26 Å². The van der Waals surface area contributed by atoms with Gasteiger partial charge in [-0.1, -0.05) is 42.0 Å². The highest BCUT2D eigenvalue weighted by atomic mass is 19.1. The van der Waals surface area contributed by atoms with Crippen molar-refractivity contribution in [3.63, 3.8) is 0 Å². The van der Waals surface area contributed by atoms with Crippen LogP contribution in [0.15, 0.2) is 48.5 Å². The number of rotatable bonds is 3. The van der Waals surface area contributed by atoms with Gasteiger partial charge in [-0.3, -0.25) is 4.79 Å². The lowest BCUT2D eigenvalue weighted by Crippen LogP contribution is -2.11. The van der Waals surface area contributed by atoms with E-state index in [4.69, 9.17) is 0 Å². The molecule has 3 heteroatoms. The standard InChI is InChI=1S/C16H12FNO/c1-11-5-7-12(8-6-11)15(10-18)16(19)13-3-2-4-14(17)9-13/h2-9,15H,1H3. The number of nitriles is 1. The Balaban J connectivity index is 2.35. The van der Waals surface area contributed by atoms with Crippen LogP contribution < -0.4 is 0 Å². The first-order chi connectivity index (χ1) is 9.11. The number of carbonyl (C=O) groups is 1. The average Bonchev–Trinajstić information content (AvgIpc) is 2.41. The topological polar surface area (TPSA) is 40.9 Å². The molecule has 0 aliphatic heterocycles. The second kappa shape index (κ2) is 5.45. The molecule has 0 radical (unpaired) electrons. The smallest absolute Gasteiger partial charge is 0.184 e. The fourth-order valence-electron chi connectivity index (χ4n) is 1.85. The number of Topliss-reactive ketones (excluding diaryl/α,β-unsaturated/α-hetero) is 1. The SMILES string of the molecule is Cc1ccc(C(C#N)C(=O)c2cccc(F)c2)cc1. The zero-order chi connectivity index (χ0) is 13.8. The highest BCUT2D eigenvalue weighted by Gasteiger charge is 2.21. The largest absolute Gasteiger partial charge is 0.292 e. The van der Waals surface area contributed by atoms with E-state index < -0.39 is 11.7 Å². The third-order valence-electron chi connectivity index (χ3n) is 2.91. The van der Waals surface area contributed by atoms with Gasteiger partial charge in [0.1, 0.15) is 11.7 Å². The molecule has 0 spiro atoms. The number of hydrogen-bond donors (Lipinski definition) is 0.